The first-order valence-electron chi connectivity index (χ1n) is 7.31. The molecule has 2 aliphatic heterocycles. The molecular weight excluding hydrogens is 254 g/mol. The van der Waals surface area contributed by atoms with Crippen molar-refractivity contribution in [2.75, 3.05) is 19.7 Å². The van der Waals surface area contributed by atoms with Crippen molar-refractivity contribution in [1.82, 2.24) is 15.1 Å². The van der Waals surface area contributed by atoms with Gasteiger partial charge in [0.05, 0.1) is 11.6 Å². The summed E-state index contributed by atoms with van der Waals surface area (Å²) >= 11 is 0. The molecule has 1 N–H and O–H groups in total. The van der Waals surface area contributed by atoms with Gasteiger partial charge in [0.2, 0.25) is 5.91 Å². The van der Waals surface area contributed by atoms with E-state index in [4.69, 9.17) is 4.74 Å². The minimum Gasteiger partial charge on any atom is -0.371 e. The number of rotatable bonds is 2. The quantitative estimate of drug-likeness (QED) is 0.840. The summed E-state index contributed by atoms with van der Waals surface area (Å²) in [5.41, 5.74) is 2.19. The lowest BCUT2D eigenvalue weighted by molar-refractivity contribution is -0.145. The largest absolute Gasteiger partial charge is 0.371 e. The number of hydrogen-bond acceptors (Lipinski definition) is 3. The van der Waals surface area contributed by atoms with E-state index in [1.54, 1.807) is 6.20 Å². The highest BCUT2D eigenvalue weighted by Gasteiger charge is 2.36. The summed E-state index contributed by atoms with van der Waals surface area (Å²) in [5.74, 6) is 0.131. The molecule has 1 aromatic rings. The Kier molecular flexibility index (Phi) is 3.87. The fourth-order valence-electron chi connectivity index (χ4n) is 3.10. The lowest BCUT2D eigenvalue weighted by Gasteiger charge is -2.35. The molecule has 0 saturated carbocycles. The van der Waals surface area contributed by atoms with Crippen LogP contribution in [0, 0.1) is 5.92 Å². The molecule has 2 aliphatic rings. The summed E-state index contributed by atoms with van der Waals surface area (Å²) in [6.45, 7) is 4.38. The third kappa shape index (κ3) is 2.63. The summed E-state index contributed by atoms with van der Waals surface area (Å²) in [7, 11) is 0. The second kappa shape index (κ2) is 5.79. The summed E-state index contributed by atoms with van der Waals surface area (Å²) < 4.78 is 5.84. The molecule has 1 fully saturated rings. The van der Waals surface area contributed by atoms with E-state index in [0.29, 0.717) is 6.61 Å². The predicted molar refractivity (Wildman–Crippen MR) is 75.0 cm³/mol. The minimum atomic E-state index is -0.176. The van der Waals surface area contributed by atoms with Crippen LogP contribution in [0.3, 0.4) is 0 Å². The Hall–Kier alpha value is -1.62. The minimum absolute atomic E-state index is 0.0879. The zero-order valence-electron chi connectivity index (χ0n) is 11.8. The molecular formula is C15H21N3O2. The molecule has 2 atom stereocenters. The molecule has 108 valence electrons. The molecule has 0 bridgehead atoms. The van der Waals surface area contributed by atoms with E-state index >= 15 is 0 Å². The predicted octanol–water partition coefficient (Wildman–Crippen LogP) is 2.06. The number of aromatic amines is 1. The molecule has 0 radical (unpaired) electrons. The summed E-state index contributed by atoms with van der Waals surface area (Å²) in [6.07, 6.45) is 6.55. The van der Waals surface area contributed by atoms with Crippen molar-refractivity contribution in [2.24, 2.45) is 5.92 Å². The highest BCUT2D eigenvalue weighted by molar-refractivity contribution is 5.80. The lowest BCUT2D eigenvalue weighted by Crippen LogP contribution is -2.43. The van der Waals surface area contributed by atoms with Gasteiger partial charge in [0, 0.05) is 25.9 Å². The SMILES string of the molecule is CC1=CCCN(C(=O)[C@@H]2CCCO[C@H]2c2ccn[nH]2)C1. The van der Waals surface area contributed by atoms with Gasteiger partial charge in [-0.2, -0.15) is 5.10 Å². The molecule has 3 rings (SSSR count). The van der Waals surface area contributed by atoms with E-state index in [1.807, 2.05) is 11.0 Å². The van der Waals surface area contributed by atoms with Crippen LogP contribution in [0.2, 0.25) is 0 Å². The fraction of sp³-hybridized carbons (Fsp3) is 0.600. The van der Waals surface area contributed by atoms with Gasteiger partial charge in [-0.3, -0.25) is 9.89 Å². The van der Waals surface area contributed by atoms with Crippen LogP contribution < -0.4 is 0 Å². The number of carbonyl (C=O) groups is 1. The van der Waals surface area contributed by atoms with Gasteiger partial charge >= 0.3 is 0 Å². The van der Waals surface area contributed by atoms with Crippen LogP contribution in [0.15, 0.2) is 23.9 Å². The highest BCUT2D eigenvalue weighted by Crippen LogP contribution is 2.34. The zero-order chi connectivity index (χ0) is 13.9. The van der Waals surface area contributed by atoms with E-state index < -0.39 is 0 Å². The van der Waals surface area contributed by atoms with Gasteiger partial charge in [-0.1, -0.05) is 11.6 Å². The van der Waals surface area contributed by atoms with Crippen LogP contribution in [0.25, 0.3) is 0 Å². The monoisotopic (exact) mass is 275 g/mol. The molecule has 5 nitrogen and oxygen atoms in total. The number of hydrogen-bond donors (Lipinski definition) is 1. The molecule has 0 spiro atoms. The van der Waals surface area contributed by atoms with Gasteiger partial charge in [-0.05, 0) is 32.3 Å². The van der Waals surface area contributed by atoms with Gasteiger partial charge in [-0.15, -0.1) is 0 Å². The number of nitrogens with one attached hydrogen (secondary N) is 1. The molecule has 20 heavy (non-hydrogen) atoms. The Bertz CT molecular complexity index is 495. The average Bonchev–Trinajstić information content (AvgIpc) is 3.00. The third-order valence-electron chi connectivity index (χ3n) is 4.11. The van der Waals surface area contributed by atoms with Crippen LogP contribution in [0.5, 0.6) is 0 Å². The Balaban J connectivity index is 1.76. The van der Waals surface area contributed by atoms with Gasteiger partial charge in [0.15, 0.2) is 0 Å². The Morgan fingerprint density at radius 1 is 1.55 bits per heavy atom. The molecule has 0 aliphatic carbocycles. The van der Waals surface area contributed by atoms with E-state index in [2.05, 4.69) is 23.2 Å². The van der Waals surface area contributed by atoms with Crippen molar-refractivity contribution < 1.29 is 9.53 Å². The highest BCUT2D eigenvalue weighted by atomic mass is 16.5. The van der Waals surface area contributed by atoms with Crippen molar-refractivity contribution >= 4 is 5.91 Å². The first kappa shape index (κ1) is 13.4. The molecule has 3 heterocycles. The standard InChI is InChI=1S/C15H21N3O2/c1-11-4-2-8-18(10-11)15(19)12-5-3-9-20-14(12)13-6-7-16-17-13/h4,6-7,12,14H,2-3,5,8-10H2,1H3,(H,16,17)/t12-,14-/m1/s1. The van der Waals surface area contributed by atoms with Crippen LogP contribution in [-0.2, 0) is 9.53 Å². The van der Waals surface area contributed by atoms with Crippen molar-refractivity contribution in [3.63, 3.8) is 0 Å². The maximum absolute atomic E-state index is 12.8. The fourth-order valence-corrected chi connectivity index (χ4v) is 3.10. The molecule has 5 heteroatoms. The number of ether oxygens (including phenoxy) is 1. The molecule has 0 unspecified atom stereocenters. The smallest absolute Gasteiger partial charge is 0.229 e. The number of aromatic nitrogens is 2. The second-order valence-electron chi connectivity index (χ2n) is 5.65. The Morgan fingerprint density at radius 2 is 2.45 bits per heavy atom. The Morgan fingerprint density at radius 3 is 3.20 bits per heavy atom. The zero-order valence-corrected chi connectivity index (χ0v) is 11.8. The maximum Gasteiger partial charge on any atom is 0.229 e. The molecule has 1 saturated heterocycles. The molecule has 1 amide bonds. The maximum atomic E-state index is 12.8. The van der Waals surface area contributed by atoms with E-state index in [1.165, 1.54) is 5.57 Å². The lowest BCUT2D eigenvalue weighted by atomic mass is 9.90. The number of amides is 1. The number of carbonyl (C=O) groups excluding carboxylic acids is 1. The topological polar surface area (TPSA) is 58.2 Å². The first-order valence-corrected chi connectivity index (χ1v) is 7.31. The van der Waals surface area contributed by atoms with Crippen molar-refractivity contribution in [3.8, 4) is 0 Å². The summed E-state index contributed by atoms with van der Waals surface area (Å²) in [4.78, 5) is 14.8. The average molecular weight is 275 g/mol. The van der Waals surface area contributed by atoms with E-state index in [-0.39, 0.29) is 17.9 Å². The van der Waals surface area contributed by atoms with Gasteiger partial charge < -0.3 is 9.64 Å². The van der Waals surface area contributed by atoms with Gasteiger partial charge in [-0.25, -0.2) is 0 Å². The first-order chi connectivity index (χ1) is 9.75. The number of H-pyrrole nitrogens is 1. The van der Waals surface area contributed by atoms with Gasteiger partial charge in [0.25, 0.3) is 0 Å². The summed E-state index contributed by atoms with van der Waals surface area (Å²) in [5, 5.41) is 6.92. The molecule has 1 aromatic heterocycles. The van der Waals surface area contributed by atoms with Crippen LogP contribution >= 0.6 is 0 Å². The van der Waals surface area contributed by atoms with E-state index in [0.717, 1.165) is 38.0 Å². The number of nitrogens with zero attached hydrogens (tertiary/aromatic N) is 2. The summed E-state index contributed by atoms with van der Waals surface area (Å²) in [6, 6.07) is 1.90. The van der Waals surface area contributed by atoms with Crippen LogP contribution in [-0.4, -0.2) is 40.7 Å². The van der Waals surface area contributed by atoms with Crippen molar-refractivity contribution in [1.29, 1.82) is 0 Å². The second-order valence-corrected chi connectivity index (χ2v) is 5.65. The normalized spacial score (nSPS) is 27.2. The van der Waals surface area contributed by atoms with Gasteiger partial charge in [0.1, 0.15) is 6.10 Å². The molecule has 0 aromatic carbocycles. The Labute approximate surface area is 119 Å². The van der Waals surface area contributed by atoms with Crippen molar-refractivity contribution in [3.05, 3.63) is 29.6 Å². The van der Waals surface area contributed by atoms with Crippen LogP contribution in [0.1, 0.15) is 38.0 Å². The van der Waals surface area contributed by atoms with Crippen molar-refractivity contribution in [2.45, 2.75) is 32.3 Å². The third-order valence-corrected chi connectivity index (χ3v) is 4.11. The van der Waals surface area contributed by atoms with E-state index in [9.17, 15) is 4.79 Å². The van der Waals surface area contributed by atoms with Crippen LogP contribution in [0.4, 0.5) is 0 Å².